The van der Waals surface area contributed by atoms with Crippen molar-refractivity contribution in [2.45, 2.75) is 18.9 Å². The van der Waals surface area contributed by atoms with Gasteiger partial charge in [-0.3, -0.25) is 9.59 Å². The summed E-state index contributed by atoms with van der Waals surface area (Å²) in [5.41, 5.74) is -0.744. The average molecular weight is 352 g/mol. The number of nitrogens with one attached hydrogen (secondary N) is 1. The van der Waals surface area contributed by atoms with Gasteiger partial charge in [0.25, 0.3) is 5.91 Å². The van der Waals surface area contributed by atoms with Gasteiger partial charge in [-0.2, -0.15) is 0 Å². The van der Waals surface area contributed by atoms with Crippen molar-refractivity contribution in [3.8, 4) is 10.6 Å². The smallest absolute Gasteiger partial charge is 0.305 e. The van der Waals surface area contributed by atoms with Crippen molar-refractivity contribution in [3.63, 3.8) is 0 Å². The number of amides is 1. The number of hydrogen-bond donors (Lipinski definition) is 2. The van der Waals surface area contributed by atoms with E-state index in [1.165, 1.54) is 19.4 Å². The number of hydrogen-bond acceptors (Lipinski definition) is 5. The average Bonchev–Trinajstić information content (AvgIpc) is 2.96. The summed E-state index contributed by atoms with van der Waals surface area (Å²) < 4.78 is 18.8. The maximum atomic E-state index is 13.8. The van der Waals surface area contributed by atoms with Crippen LogP contribution in [0.1, 0.15) is 23.0 Å². The van der Waals surface area contributed by atoms with Gasteiger partial charge in [0.1, 0.15) is 15.7 Å². The second-order valence-corrected chi connectivity index (χ2v) is 6.56. The van der Waals surface area contributed by atoms with Crippen LogP contribution >= 0.6 is 11.3 Å². The number of benzene rings is 1. The van der Waals surface area contributed by atoms with Gasteiger partial charge in [0, 0.05) is 12.7 Å². The number of carboxylic acid groups (broad SMARTS) is 1. The van der Waals surface area contributed by atoms with E-state index in [1.807, 2.05) is 0 Å². The Bertz CT molecular complexity index is 749. The van der Waals surface area contributed by atoms with Crippen molar-refractivity contribution in [3.05, 3.63) is 41.2 Å². The molecule has 1 aromatic carbocycles. The zero-order valence-electron chi connectivity index (χ0n) is 13.2. The number of aliphatic carboxylic acids is 1. The van der Waals surface area contributed by atoms with Crippen molar-refractivity contribution in [2.24, 2.45) is 0 Å². The van der Waals surface area contributed by atoms with E-state index in [0.29, 0.717) is 10.6 Å². The highest BCUT2D eigenvalue weighted by molar-refractivity contribution is 7.16. The van der Waals surface area contributed by atoms with E-state index < -0.39 is 23.2 Å². The summed E-state index contributed by atoms with van der Waals surface area (Å²) in [6.45, 7) is 1.63. The molecule has 2 N–H and O–H groups in total. The first-order valence-corrected chi connectivity index (χ1v) is 7.90. The number of ether oxygens (including phenoxy) is 1. The van der Waals surface area contributed by atoms with Gasteiger partial charge >= 0.3 is 5.97 Å². The predicted molar refractivity (Wildman–Crippen MR) is 87.5 cm³/mol. The Balaban J connectivity index is 2.18. The van der Waals surface area contributed by atoms with Crippen molar-refractivity contribution in [1.82, 2.24) is 10.3 Å². The zero-order chi connectivity index (χ0) is 17.7. The summed E-state index contributed by atoms with van der Waals surface area (Å²) in [5.74, 6) is -1.95. The van der Waals surface area contributed by atoms with Gasteiger partial charge in [0.05, 0.1) is 24.8 Å². The number of carbonyl (C=O) groups is 2. The largest absolute Gasteiger partial charge is 0.481 e. The molecule has 0 aliphatic heterocycles. The Kier molecular flexibility index (Phi) is 5.63. The molecule has 0 aliphatic rings. The van der Waals surface area contributed by atoms with Gasteiger partial charge < -0.3 is 15.2 Å². The SMILES string of the molecule is COCC(C)(CC(=O)O)NC(=O)c1cnc(-c2ccccc2F)s1. The number of thiazole rings is 1. The van der Waals surface area contributed by atoms with Crippen LogP contribution in [0, 0.1) is 5.82 Å². The first-order valence-electron chi connectivity index (χ1n) is 7.08. The molecule has 1 amide bonds. The third-order valence-corrected chi connectivity index (χ3v) is 4.28. The maximum Gasteiger partial charge on any atom is 0.305 e. The molecule has 0 spiro atoms. The molecule has 0 saturated carbocycles. The van der Waals surface area contributed by atoms with Crippen LogP contribution in [0.15, 0.2) is 30.5 Å². The molecule has 1 heterocycles. The molecular formula is C16H17FN2O4S. The topological polar surface area (TPSA) is 88.5 Å². The predicted octanol–water partition coefficient (Wildman–Crippen LogP) is 2.56. The highest BCUT2D eigenvalue weighted by Gasteiger charge is 2.30. The molecule has 1 unspecified atom stereocenters. The van der Waals surface area contributed by atoms with Gasteiger partial charge in [0.15, 0.2) is 0 Å². The molecule has 1 atom stereocenters. The van der Waals surface area contributed by atoms with Crippen LogP contribution in [0.3, 0.4) is 0 Å². The summed E-state index contributed by atoms with van der Waals surface area (Å²) in [6, 6.07) is 6.15. The Hall–Kier alpha value is -2.32. The van der Waals surface area contributed by atoms with Crippen molar-refractivity contribution in [1.29, 1.82) is 0 Å². The fourth-order valence-corrected chi connectivity index (χ4v) is 3.10. The molecular weight excluding hydrogens is 335 g/mol. The number of methoxy groups -OCH3 is 1. The van der Waals surface area contributed by atoms with E-state index in [4.69, 9.17) is 9.84 Å². The summed E-state index contributed by atoms with van der Waals surface area (Å²) in [5, 5.41) is 12.0. The zero-order valence-corrected chi connectivity index (χ0v) is 14.0. The Morgan fingerprint density at radius 1 is 1.42 bits per heavy atom. The van der Waals surface area contributed by atoms with Crippen LogP contribution < -0.4 is 5.32 Å². The molecule has 1 aromatic heterocycles. The number of halogens is 1. The van der Waals surface area contributed by atoms with Gasteiger partial charge in [-0.25, -0.2) is 9.37 Å². The molecule has 24 heavy (non-hydrogen) atoms. The third kappa shape index (κ3) is 4.36. The summed E-state index contributed by atoms with van der Waals surface area (Å²) in [4.78, 5) is 27.7. The molecule has 8 heteroatoms. The van der Waals surface area contributed by atoms with E-state index in [2.05, 4.69) is 10.3 Å². The summed E-state index contributed by atoms with van der Waals surface area (Å²) >= 11 is 1.03. The molecule has 128 valence electrons. The number of rotatable bonds is 7. The minimum atomic E-state index is -1.06. The molecule has 0 aliphatic carbocycles. The van der Waals surface area contributed by atoms with Gasteiger partial charge in [-0.1, -0.05) is 12.1 Å². The van der Waals surface area contributed by atoms with E-state index in [0.717, 1.165) is 11.3 Å². The Morgan fingerprint density at radius 3 is 2.75 bits per heavy atom. The highest BCUT2D eigenvalue weighted by Crippen LogP contribution is 2.27. The Morgan fingerprint density at radius 2 is 2.12 bits per heavy atom. The van der Waals surface area contributed by atoms with Gasteiger partial charge in [-0.05, 0) is 19.1 Å². The molecule has 0 fully saturated rings. The Labute approximate surface area is 142 Å². The number of carbonyl (C=O) groups excluding carboxylic acids is 1. The fraction of sp³-hybridized carbons (Fsp3) is 0.312. The van der Waals surface area contributed by atoms with Crippen molar-refractivity contribution < 1.29 is 23.8 Å². The van der Waals surface area contributed by atoms with E-state index in [9.17, 15) is 14.0 Å². The second kappa shape index (κ2) is 7.50. The first-order chi connectivity index (χ1) is 11.3. The quantitative estimate of drug-likeness (QED) is 0.799. The normalized spacial score (nSPS) is 13.3. The van der Waals surface area contributed by atoms with Crippen molar-refractivity contribution >= 4 is 23.2 Å². The molecule has 0 bridgehead atoms. The van der Waals surface area contributed by atoms with Gasteiger partial charge in [0.2, 0.25) is 0 Å². The lowest BCUT2D eigenvalue weighted by atomic mass is 9.99. The van der Waals surface area contributed by atoms with Gasteiger partial charge in [-0.15, -0.1) is 11.3 Å². The van der Waals surface area contributed by atoms with Crippen LogP contribution in [0.5, 0.6) is 0 Å². The van der Waals surface area contributed by atoms with Crippen LogP contribution in [0.25, 0.3) is 10.6 Å². The molecule has 2 rings (SSSR count). The van der Waals surface area contributed by atoms with Crippen molar-refractivity contribution in [2.75, 3.05) is 13.7 Å². The summed E-state index contributed by atoms with van der Waals surface area (Å²) in [6.07, 6.45) is 1.06. The lowest BCUT2D eigenvalue weighted by Crippen LogP contribution is -2.50. The van der Waals surface area contributed by atoms with Crippen LogP contribution in [0.4, 0.5) is 4.39 Å². The monoisotopic (exact) mass is 352 g/mol. The molecule has 6 nitrogen and oxygen atoms in total. The van der Waals surface area contributed by atoms with E-state index in [-0.39, 0.29) is 17.9 Å². The summed E-state index contributed by atoms with van der Waals surface area (Å²) in [7, 11) is 1.43. The first kappa shape index (κ1) is 18.0. The lowest BCUT2D eigenvalue weighted by molar-refractivity contribution is -0.139. The highest BCUT2D eigenvalue weighted by atomic mass is 32.1. The lowest BCUT2D eigenvalue weighted by Gasteiger charge is -2.28. The van der Waals surface area contributed by atoms with E-state index in [1.54, 1.807) is 25.1 Å². The number of nitrogens with zero attached hydrogens (tertiary/aromatic N) is 1. The van der Waals surface area contributed by atoms with Crippen LogP contribution in [0.2, 0.25) is 0 Å². The molecule has 0 radical (unpaired) electrons. The second-order valence-electron chi connectivity index (χ2n) is 5.53. The van der Waals surface area contributed by atoms with Crippen LogP contribution in [-0.2, 0) is 9.53 Å². The maximum absolute atomic E-state index is 13.8. The molecule has 2 aromatic rings. The number of carboxylic acids is 1. The minimum absolute atomic E-state index is 0.0456. The minimum Gasteiger partial charge on any atom is -0.481 e. The molecule has 0 saturated heterocycles. The standard InChI is InChI=1S/C16H17FN2O4S/c1-16(9-23-2,7-13(20)21)19-14(22)12-8-18-15(24-12)10-5-3-4-6-11(10)17/h3-6,8H,7,9H2,1-2H3,(H,19,22)(H,20,21). The van der Waals surface area contributed by atoms with E-state index >= 15 is 0 Å². The number of aromatic nitrogens is 1. The fourth-order valence-electron chi connectivity index (χ4n) is 2.26. The third-order valence-electron chi connectivity index (χ3n) is 3.25. The van der Waals surface area contributed by atoms with Crippen LogP contribution in [-0.4, -0.2) is 41.2 Å².